The van der Waals surface area contributed by atoms with Crippen LogP contribution in [-0.2, 0) is 33.6 Å². The summed E-state index contributed by atoms with van der Waals surface area (Å²) in [6.45, 7) is 3.48. The van der Waals surface area contributed by atoms with E-state index in [-0.39, 0.29) is 18.2 Å². The van der Waals surface area contributed by atoms with E-state index in [0.29, 0.717) is 18.5 Å². The number of benzene rings is 3. The molecule has 40 heavy (non-hydrogen) atoms. The van der Waals surface area contributed by atoms with Crippen molar-refractivity contribution in [2.75, 3.05) is 5.32 Å². The van der Waals surface area contributed by atoms with Gasteiger partial charge in [-0.2, -0.15) is 0 Å². The Balaban J connectivity index is 1.60. The molecule has 0 aliphatic carbocycles. The average Bonchev–Trinajstić information content (AvgIpc) is 3.43. The number of carbonyl (C=O) groups excluding carboxylic acids is 2. The molecule has 0 spiro atoms. The van der Waals surface area contributed by atoms with Gasteiger partial charge in [0.25, 0.3) is 0 Å². The second kappa shape index (κ2) is 11.6. The van der Waals surface area contributed by atoms with Crippen LogP contribution in [0.4, 0.5) is 5.69 Å². The molecule has 3 N–H and O–H groups in total. The fourth-order valence-electron chi connectivity index (χ4n) is 5.65. The van der Waals surface area contributed by atoms with E-state index in [0.717, 1.165) is 33.6 Å². The monoisotopic (exact) mass is 536 g/mol. The highest BCUT2D eigenvalue weighted by atomic mass is 16.4. The van der Waals surface area contributed by atoms with Crippen LogP contribution in [-0.4, -0.2) is 43.8 Å². The summed E-state index contributed by atoms with van der Waals surface area (Å²) in [7, 11) is 0. The molecule has 2 amide bonds. The molecule has 1 aromatic heterocycles. The van der Waals surface area contributed by atoms with E-state index in [2.05, 4.69) is 15.3 Å². The Morgan fingerprint density at radius 3 is 2.25 bits per heavy atom. The molecular formula is C32H32N4O4. The summed E-state index contributed by atoms with van der Waals surface area (Å²) in [6.07, 6.45) is 2.78. The largest absolute Gasteiger partial charge is 0.480 e. The van der Waals surface area contributed by atoms with Crippen LogP contribution in [0.3, 0.4) is 0 Å². The van der Waals surface area contributed by atoms with Crippen LogP contribution in [0.15, 0.2) is 85.2 Å². The highest BCUT2D eigenvalue weighted by molar-refractivity contribution is 5.92. The van der Waals surface area contributed by atoms with Crippen LogP contribution in [0.5, 0.6) is 0 Å². The zero-order valence-electron chi connectivity index (χ0n) is 22.5. The summed E-state index contributed by atoms with van der Waals surface area (Å²) in [4.78, 5) is 48.2. The van der Waals surface area contributed by atoms with Gasteiger partial charge in [-0.15, -0.1) is 0 Å². The van der Waals surface area contributed by atoms with Gasteiger partial charge in [-0.05, 0) is 41.2 Å². The Morgan fingerprint density at radius 2 is 1.68 bits per heavy atom. The van der Waals surface area contributed by atoms with Crippen molar-refractivity contribution in [3.05, 3.63) is 119 Å². The molecule has 0 saturated carbocycles. The number of imidazole rings is 1. The van der Waals surface area contributed by atoms with Gasteiger partial charge in [0.1, 0.15) is 6.04 Å². The molecule has 2 heterocycles. The van der Waals surface area contributed by atoms with Gasteiger partial charge >= 0.3 is 5.97 Å². The number of fused-ring (bicyclic) bond motifs is 1. The van der Waals surface area contributed by atoms with Gasteiger partial charge in [-0.25, -0.2) is 9.78 Å². The molecular weight excluding hydrogens is 504 g/mol. The number of carboxylic acid groups (broad SMARTS) is 1. The maximum Gasteiger partial charge on any atom is 0.326 e. The zero-order chi connectivity index (χ0) is 28.2. The Bertz CT molecular complexity index is 1480. The summed E-state index contributed by atoms with van der Waals surface area (Å²) in [5.74, 6) is -2.17. The SMILES string of the molecule is CCc1cc(CC2c3nc[nH]c3C[C@@H](C(=O)O)N2C(=O)C(c2ccccc2)c2ccccc2)ccc1NC(C)=O. The minimum absolute atomic E-state index is 0.144. The van der Waals surface area contributed by atoms with E-state index in [1.807, 2.05) is 85.8 Å². The number of anilines is 1. The first-order chi connectivity index (χ1) is 19.4. The van der Waals surface area contributed by atoms with Crippen molar-refractivity contribution < 1.29 is 19.5 Å². The molecule has 5 rings (SSSR count). The summed E-state index contributed by atoms with van der Waals surface area (Å²) >= 11 is 0. The molecule has 204 valence electrons. The van der Waals surface area contributed by atoms with Crippen molar-refractivity contribution in [1.29, 1.82) is 0 Å². The van der Waals surface area contributed by atoms with Gasteiger partial charge in [-0.3, -0.25) is 9.59 Å². The number of nitrogens with one attached hydrogen (secondary N) is 2. The second-order valence-electron chi connectivity index (χ2n) is 10.1. The minimum Gasteiger partial charge on any atom is -0.480 e. The molecule has 1 unspecified atom stereocenters. The van der Waals surface area contributed by atoms with Crippen molar-refractivity contribution in [3.8, 4) is 0 Å². The fraction of sp³-hybridized carbons (Fsp3) is 0.250. The third-order valence-electron chi connectivity index (χ3n) is 7.48. The number of H-pyrrole nitrogens is 1. The van der Waals surface area contributed by atoms with Crippen LogP contribution in [0.1, 0.15) is 59.4 Å². The number of aliphatic carboxylic acids is 1. The summed E-state index contributed by atoms with van der Waals surface area (Å²) in [5, 5.41) is 13.2. The number of amides is 2. The van der Waals surface area contributed by atoms with Crippen molar-refractivity contribution in [2.24, 2.45) is 0 Å². The Labute approximate surface area is 233 Å². The van der Waals surface area contributed by atoms with E-state index < -0.39 is 24.0 Å². The molecule has 8 heteroatoms. The van der Waals surface area contributed by atoms with Crippen molar-refractivity contribution >= 4 is 23.5 Å². The van der Waals surface area contributed by atoms with Crippen LogP contribution in [0, 0.1) is 0 Å². The Kier molecular flexibility index (Phi) is 7.77. The number of aryl methyl sites for hydroxylation is 1. The standard InChI is InChI=1S/C32H32N4O4/c1-3-22-16-21(14-15-25(22)35-20(2)37)17-27-30-26(33-19-34-30)18-28(32(39)40)36(27)31(38)29(23-10-6-4-7-11-23)24-12-8-5-9-13-24/h4-16,19,27-29H,3,17-18H2,1-2H3,(H,33,34)(H,35,37)(H,39,40)/t27?,28-/m0/s1. The molecule has 1 aliphatic rings. The van der Waals surface area contributed by atoms with E-state index in [4.69, 9.17) is 0 Å². The third kappa shape index (κ3) is 5.38. The lowest BCUT2D eigenvalue weighted by Crippen LogP contribution is -2.53. The summed E-state index contributed by atoms with van der Waals surface area (Å²) in [5.41, 5.74) is 5.62. The highest BCUT2D eigenvalue weighted by Gasteiger charge is 2.45. The lowest BCUT2D eigenvalue weighted by Gasteiger charge is -2.41. The van der Waals surface area contributed by atoms with Gasteiger partial charge in [-0.1, -0.05) is 79.7 Å². The van der Waals surface area contributed by atoms with E-state index >= 15 is 0 Å². The third-order valence-corrected chi connectivity index (χ3v) is 7.48. The van der Waals surface area contributed by atoms with Crippen molar-refractivity contribution in [2.45, 2.75) is 51.1 Å². The molecule has 8 nitrogen and oxygen atoms in total. The number of carboxylic acids is 1. The minimum atomic E-state index is -1.07. The number of carbonyl (C=O) groups is 3. The number of aromatic nitrogens is 2. The van der Waals surface area contributed by atoms with E-state index in [1.165, 1.54) is 11.8 Å². The molecule has 3 aromatic carbocycles. The molecule has 2 atom stereocenters. The van der Waals surface area contributed by atoms with Gasteiger partial charge in [0.15, 0.2) is 0 Å². The van der Waals surface area contributed by atoms with Gasteiger partial charge < -0.3 is 20.3 Å². The topological polar surface area (TPSA) is 115 Å². The predicted octanol–water partition coefficient (Wildman–Crippen LogP) is 4.88. The Hall–Kier alpha value is -4.72. The van der Waals surface area contributed by atoms with Crippen LogP contribution in [0.2, 0.25) is 0 Å². The van der Waals surface area contributed by atoms with Gasteiger partial charge in [0.2, 0.25) is 11.8 Å². The maximum absolute atomic E-state index is 14.6. The molecule has 1 aliphatic heterocycles. The van der Waals surface area contributed by atoms with Crippen LogP contribution >= 0.6 is 0 Å². The van der Waals surface area contributed by atoms with Crippen LogP contribution in [0.25, 0.3) is 0 Å². The smallest absolute Gasteiger partial charge is 0.326 e. The molecule has 0 saturated heterocycles. The highest BCUT2D eigenvalue weighted by Crippen LogP contribution is 2.38. The van der Waals surface area contributed by atoms with Gasteiger partial charge in [0.05, 0.1) is 24.0 Å². The number of rotatable bonds is 8. The average molecular weight is 537 g/mol. The summed E-state index contributed by atoms with van der Waals surface area (Å²) < 4.78 is 0. The second-order valence-corrected chi connectivity index (χ2v) is 10.1. The molecule has 0 fully saturated rings. The first kappa shape index (κ1) is 26.9. The maximum atomic E-state index is 14.6. The zero-order valence-corrected chi connectivity index (χ0v) is 22.5. The van der Waals surface area contributed by atoms with Gasteiger partial charge in [0, 0.05) is 24.7 Å². The molecule has 0 bridgehead atoms. The summed E-state index contributed by atoms with van der Waals surface area (Å²) in [6, 6.07) is 23.1. The predicted molar refractivity (Wildman–Crippen MR) is 152 cm³/mol. The van der Waals surface area contributed by atoms with Crippen molar-refractivity contribution in [3.63, 3.8) is 0 Å². The lowest BCUT2D eigenvalue weighted by molar-refractivity contribution is -0.154. The number of nitrogens with zero attached hydrogens (tertiary/aromatic N) is 2. The Morgan fingerprint density at radius 1 is 1.02 bits per heavy atom. The van der Waals surface area contributed by atoms with Crippen molar-refractivity contribution in [1.82, 2.24) is 14.9 Å². The van der Waals surface area contributed by atoms with E-state index in [1.54, 1.807) is 6.33 Å². The first-order valence-electron chi connectivity index (χ1n) is 13.4. The molecule has 0 radical (unpaired) electrons. The quantitative estimate of drug-likeness (QED) is 0.297. The fourth-order valence-corrected chi connectivity index (χ4v) is 5.65. The van der Waals surface area contributed by atoms with E-state index in [9.17, 15) is 19.5 Å². The normalized spacial score (nSPS) is 16.4. The number of aromatic amines is 1. The van der Waals surface area contributed by atoms with Crippen LogP contribution < -0.4 is 5.32 Å². The number of hydrogen-bond acceptors (Lipinski definition) is 4. The lowest BCUT2D eigenvalue weighted by atomic mass is 9.85. The number of hydrogen-bond donors (Lipinski definition) is 3. The molecule has 4 aromatic rings. The first-order valence-corrected chi connectivity index (χ1v) is 13.4.